The number of halogens is 1. The van der Waals surface area contributed by atoms with E-state index in [2.05, 4.69) is 26.2 Å². The maximum Gasteiger partial charge on any atom is 0.274 e. The summed E-state index contributed by atoms with van der Waals surface area (Å²) in [6.45, 7) is 3.11. The van der Waals surface area contributed by atoms with Gasteiger partial charge in [0.25, 0.3) is 5.19 Å². The van der Waals surface area contributed by atoms with Crippen LogP contribution in [-0.4, -0.2) is 24.7 Å². The SMILES string of the molecule is Brc1csc(OCCC2CCCNC2)n1. The van der Waals surface area contributed by atoms with E-state index >= 15 is 0 Å². The van der Waals surface area contributed by atoms with E-state index < -0.39 is 0 Å². The van der Waals surface area contributed by atoms with Crippen LogP contribution in [0.3, 0.4) is 0 Å². The van der Waals surface area contributed by atoms with E-state index in [1.54, 1.807) is 11.3 Å². The van der Waals surface area contributed by atoms with E-state index in [4.69, 9.17) is 4.74 Å². The number of hydrogen-bond donors (Lipinski definition) is 1. The first kappa shape index (κ1) is 11.4. The van der Waals surface area contributed by atoms with Crippen LogP contribution >= 0.6 is 27.3 Å². The van der Waals surface area contributed by atoms with Crippen LogP contribution in [0.25, 0.3) is 0 Å². The van der Waals surface area contributed by atoms with Gasteiger partial charge in [-0.1, -0.05) is 11.3 Å². The largest absolute Gasteiger partial charge is 0.470 e. The Morgan fingerprint density at radius 3 is 3.27 bits per heavy atom. The van der Waals surface area contributed by atoms with Gasteiger partial charge < -0.3 is 10.1 Å². The highest BCUT2D eigenvalue weighted by molar-refractivity contribution is 9.10. The molecule has 0 bridgehead atoms. The lowest BCUT2D eigenvalue weighted by Crippen LogP contribution is -2.30. The van der Waals surface area contributed by atoms with Crippen LogP contribution in [0.4, 0.5) is 0 Å². The topological polar surface area (TPSA) is 34.1 Å². The molecule has 0 radical (unpaired) electrons. The third kappa shape index (κ3) is 3.74. The summed E-state index contributed by atoms with van der Waals surface area (Å²) in [4.78, 5) is 4.19. The van der Waals surface area contributed by atoms with Crippen LogP contribution < -0.4 is 10.1 Å². The van der Waals surface area contributed by atoms with Gasteiger partial charge in [-0.2, -0.15) is 4.98 Å². The molecule has 3 nitrogen and oxygen atoms in total. The Kier molecular flexibility index (Phi) is 4.41. The molecule has 1 N–H and O–H groups in total. The first-order valence-electron chi connectivity index (χ1n) is 5.29. The third-order valence-corrected chi connectivity index (χ3v) is 4.07. The molecule has 0 spiro atoms. The average Bonchev–Trinajstić information content (AvgIpc) is 2.66. The van der Waals surface area contributed by atoms with Gasteiger partial charge in [0.2, 0.25) is 0 Å². The first-order valence-corrected chi connectivity index (χ1v) is 6.96. The summed E-state index contributed by atoms with van der Waals surface area (Å²) >= 11 is 4.85. The van der Waals surface area contributed by atoms with Crippen LogP contribution in [0.1, 0.15) is 19.3 Å². The Hall–Kier alpha value is -0.130. The Bertz CT molecular complexity index is 299. The standard InChI is InChI=1S/C10H15BrN2OS/c11-9-7-15-10(13-9)14-5-3-8-2-1-4-12-6-8/h7-8,12H,1-6H2. The number of thiazole rings is 1. The molecule has 1 atom stereocenters. The van der Waals surface area contributed by atoms with Crippen molar-refractivity contribution in [2.45, 2.75) is 19.3 Å². The van der Waals surface area contributed by atoms with Gasteiger partial charge in [-0.05, 0) is 54.2 Å². The molecule has 1 fully saturated rings. The van der Waals surface area contributed by atoms with Crippen molar-refractivity contribution < 1.29 is 4.74 Å². The van der Waals surface area contributed by atoms with Crippen molar-refractivity contribution in [3.63, 3.8) is 0 Å². The van der Waals surface area contributed by atoms with Gasteiger partial charge in [0, 0.05) is 5.38 Å². The zero-order valence-corrected chi connectivity index (χ0v) is 10.9. The minimum Gasteiger partial charge on any atom is -0.470 e. The third-order valence-electron chi connectivity index (χ3n) is 2.61. The van der Waals surface area contributed by atoms with Gasteiger partial charge in [0.15, 0.2) is 0 Å². The second kappa shape index (κ2) is 5.82. The minimum atomic E-state index is 0.769. The van der Waals surface area contributed by atoms with Gasteiger partial charge >= 0.3 is 0 Å². The number of rotatable bonds is 4. The van der Waals surface area contributed by atoms with Crippen LogP contribution in [0.15, 0.2) is 9.98 Å². The summed E-state index contributed by atoms with van der Waals surface area (Å²) in [7, 11) is 0. The summed E-state index contributed by atoms with van der Waals surface area (Å²) in [5.74, 6) is 0.780. The Labute approximate surface area is 102 Å². The lowest BCUT2D eigenvalue weighted by atomic mass is 9.97. The highest BCUT2D eigenvalue weighted by atomic mass is 79.9. The summed E-state index contributed by atoms with van der Waals surface area (Å²) in [5, 5.41) is 6.12. The number of nitrogens with zero attached hydrogens (tertiary/aromatic N) is 1. The molecule has 1 unspecified atom stereocenters. The van der Waals surface area contributed by atoms with Crippen LogP contribution in [0.5, 0.6) is 5.19 Å². The van der Waals surface area contributed by atoms with Crippen LogP contribution in [-0.2, 0) is 0 Å². The van der Waals surface area contributed by atoms with E-state index in [0.29, 0.717) is 0 Å². The second-order valence-corrected chi connectivity index (χ2v) is 5.42. The van der Waals surface area contributed by atoms with E-state index in [1.165, 1.54) is 19.4 Å². The molecule has 0 amide bonds. The minimum absolute atomic E-state index is 0.769. The molecular weight excluding hydrogens is 276 g/mol. The molecule has 84 valence electrons. The van der Waals surface area contributed by atoms with Crippen molar-refractivity contribution in [2.24, 2.45) is 5.92 Å². The lowest BCUT2D eigenvalue weighted by Gasteiger charge is -2.22. The zero-order valence-electron chi connectivity index (χ0n) is 8.54. The van der Waals surface area contributed by atoms with E-state index in [9.17, 15) is 0 Å². The quantitative estimate of drug-likeness (QED) is 0.926. The highest BCUT2D eigenvalue weighted by Crippen LogP contribution is 2.22. The molecule has 1 saturated heterocycles. The van der Waals surface area contributed by atoms with Gasteiger partial charge in [0.05, 0.1) is 6.61 Å². The van der Waals surface area contributed by atoms with E-state index in [1.807, 2.05) is 5.38 Å². The Morgan fingerprint density at radius 2 is 2.60 bits per heavy atom. The number of aromatic nitrogens is 1. The maximum atomic E-state index is 5.58. The molecule has 1 aromatic heterocycles. The molecule has 5 heteroatoms. The summed E-state index contributed by atoms with van der Waals surface area (Å²) in [6, 6.07) is 0. The number of hydrogen-bond acceptors (Lipinski definition) is 4. The fourth-order valence-electron chi connectivity index (χ4n) is 1.79. The molecule has 2 rings (SSSR count). The summed E-state index contributed by atoms with van der Waals surface area (Å²) in [5.41, 5.74) is 0. The van der Waals surface area contributed by atoms with E-state index in [-0.39, 0.29) is 0 Å². The monoisotopic (exact) mass is 290 g/mol. The molecule has 0 aromatic carbocycles. The number of nitrogens with one attached hydrogen (secondary N) is 1. The fraction of sp³-hybridized carbons (Fsp3) is 0.700. The molecule has 0 saturated carbocycles. The molecule has 15 heavy (non-hydrogen) atoms. The van der Waals surface area contributed by atoms with Crippen molar-refractivity contribution in [3.05, 3.63) is 9.98 Å². The zero-order chi connectivity index (χ0) is 10.5. The number of ether oxygens (including phenoxy) is 1. The van der Waals surface area contributed by atoms with Crippen molar-refractivity contribution >= 4 is 27.3 Å². The average molecular weight is 291 g/mol. The first-order chi connectivity index (χ1) is 7.34. The van der Waals surface area contributed by atoms with Gasteiger partial charge in [-0.3, -0.25) is 0 Å². The summed E-state index contributed by atoms with van der Waals surface area (Å²) < 4.78 is 6.44. The predicted octanol–water partition coefficient (Wildman–Crippen LogP) is 2.67. The van der Waals surface area contributed by atoms with Crippen molar-refractivity contribution in [1.82, 2.24) is 10.3 Å². The molecule has 1 aliphatic heterocycles. The lowest BCUT2D eigenvalue weighted by molar-refractivity contribution is 0.253. The molecule has 0 aliphatic carbocycles. The van der Waals surface area contributed by atoms with Crippen molar-refractivity contribution in [2.75, 3.05) is 19.7 Å². The second-order valence-electron chi connectivity index (χ2n) is 3.79. The maximum absolute atomic E-state index is 5.58. The predicted molar refractivity (Wildman–Crippen MR) is 65.5 cm³/mol. The Balaban J connectivity index is 1.65. The molecule has 1 aliphatic rings. The van der Waals surface area contributed by atoms with Crippen LogP contribution in [0.2, 0.25) is 0 Å². The van der Waals surface area contributed by atoms with Gasteiger partial charge in [-0.15, -0.1) is 0 Å². The normalized spacial score (nSPS) is 21.5. The molecular formula is C10H15BrN2OS. The highest BCUT2D eigenvalue weighted by Gasteiger charge is 2.12. The molecule has 2 heterocycles. The fourth-order valence-corrected chi connectivity index (χ4v) is 2.90. The smallest absolute Gasteiger partial charge is 0.274 e. The van der Waals surface area contributed by atoms with Gasteiger partial charge in [0.1, 0.15) is 4.60 Å². The van der Waals surface area contributed by atoms with Gasteiger partial charge in [-0.25, -0.2) is 0 Å². The van der Waals surface area contributed by atoms with Crippen LogP contribution in [0, 0.1) is 5.92 Å². The molecule has 1 aromatic rings. The number of piperidine rings is 1. The van der Waals surface area contributed by atoms with Crippen molar-refractivity contribution in [3.8, 4) is 5.19 Å². The van der Waals surface area contributed by atoms with Crippen molar-refractivity contribution in [1.29, 1.82) is 0 Å². The Morgan fingerprint density at radius 1 is 1.67 bits per heavy atom. The summed E-state index contributed by atoms with van der Waals surface area (Å²) in [6.07, 6.45) is 3.76. The van der Waals surface area contributed by atoms with E-state index in [0.717, 1.165) is 35.3 Å².